The zero-order chi connectivity index (χ0) is 20.5. The molecule has 0 amide bonds. The molecule has 28 heavy (non-hydrogen) atoms. The van der Waals surface area contributed by atoms with Gasteiger partial charge in [0.25, 0.3) is 0 Å². The Kier molecular flexibility index (Phi) is 5.87. The Hall–Kier alpha value is -1.85. The van der Waals surface area contributed by atoms with Crippen LogP contribution in [0.25, 0.3) is 0 Å². The largest absolute Gasteiger partial charge is 0.369 e. The topological polar surface area (TPSA) is 40.6 Å². The van der Waals surface area contributed by atoms with Gasteiger partial charge in [0.1, 0.15) is 0 Å². The molecule has 0 unspecified atom stereocenters. The minimum atomic E-state index is -3.45. The molecule has 0 atom stereocenters. The highest BCUT2D eigenvalue weighted by Gasteiger charge is 2.29. The van der Waals surface area contributed by atoms with Crippen LogP contribution in [0.15, 0.2) is 47.4 Å². The van der Waals surface area contributed by atoms with Crippen molar-refractivity contribution in [1.29, 1.82) is 0 Å². The van der Waals surface area contributed by atoms with Crippen LogP contribution in [0.2, 0.25) is 0 Å². The van der Waals surface area contributed by atoms with E-state index in [1.165, 1.54) is 22.4 Å². The average molecular weight is 401 g/mol. The number of sulfonamides is 1. The summed E-state index contributed by atoms with van der Waals surface area (Å²) in [7, 11) is -3.45. The number of rotatable bonds is 5. The van der Waals surface area contributed by atoms with Gasteiger partial charge in [0.15, 0.2) is 0 Å². The summed E-state index contributed by atoms with van der Waals surface area (Å²) in [5.74, 6) is 0. The number of nitrogens with zero attached hydrogens (tertiary/aromatic N) is 2. The van der Waals surface area contributed by atoms with Gasteiger partial charge in [-0.1, -0.05) is 45.0 Å². The van der Waals surface area contributed by atoms with Crippen LogP contribution in [0.1, 0.15) is 43.9 Å². The normalized spacial score (nSPS) is 16.4. The van der Waals surface area contributed by atoms with Crippen LogP contribution in [0.3, 0.4) is 0 Å². The zero-order valence-corrected chi connectivity index (χ0v) is 18.5. The number of anilines is 1. The Balaban J connectivity index is 1.73. The maximum absolute atomic E-state index is 13.1. The van der Waals surface area contributed by atoms with Gasteiger partial charge in [-0.05, 0) is 60.6 Å². The quantitative estimate of drug-likeness (QED) is 0.742. The molecule has 0 aliphatic carbocycles. The van der Waals surface area contributed by atoms with Crippen molar-refractivity contribution in [3.05, 3.63) is 59.2 Å². The molecular weight excluding hydrogens is 368 g/mol. The predicted molar refractivity (Wildman–Crippen MR) is 117 cm³/mol. The molecule has 0 spiro atoms. The third kappa shape index (κ3) is 3.96. The molecule has 5 heteroatoms. The molecule has 0 N–H and O–H groups in total. The van der Waals surface area contributed by atoms with Gasteiger partial charge in [-0.15, -0.1) is 0 Å². The van der Waals surface area contributed by atoms with E-state index in [0.29, 0.717) is 31.1 Å². The van der Waals surface area contributed by atoms with Crippen molar-refractivity contribution >= 4 is 15.7 Å². The molecule has 152 valence electrons. The van der Waals surface area contributed by atoms with Crippen LogP contribution in [-0.4, -0.2) is 38.9 Å². The third-order valence-electron chi connectivity index (χ3n) is 6.31. The standard InChI is InChI=1S/C23H32N2O2S/c1-6-23(4,5)20-10-12-21(13-11-20)28(26,27)25-16-14-24(15-17-25)22-9-7-8-18(2)19(22)3/h7-13H,6,14-17H2,1-5H3. The van der Waals surface area contributed by atoms with Gasteiger partial charge in [-0.3, -0.25) is 0 Å². The molecule has 1 aliphatic rings. The molecule has 0 saturated carbocycles. The lowest BCUT2D eigenvalue weighted by molar-refractivity contribution is 0.384. The molecular formula is C23H32N2O2S. The van der Waals surface area contributed by atoms with E-state index in [2.05, 4.69) is 57.7 Å². The van der Waals surface area contributed by atoms with Gasteiger partial charge in [-0.25, -0.2) is 8.42 Å². The maximum Gasteiger partial charge on any atom is 0.243 e. The summed E-state index contributed by atoms with van der Waals surface area (Å²) in [6, 6.07) is 13.8. The summed E-state index contributed by atoms with van der Waals surface area (Å²) >= 11 is 0. The summed E-state index contributed by atoms with van der Waals surface area (Å²) < 4.78 is 27.8. The van der Waals surface area contributed by atoms with E-state index in [1.807, 2.05) is 12.1 Å². The summed E-state index contributed by atoms with van der Waals surface area (Å²) in [6.07, 6.45) is 1.01. The Bertz CT molecular complexity index is 926. The number of piperazine rings is 1. The smallest absolute Gasteiger partial charge is 0.243 e. The molecule has 4 nitrogen and oxygen atoms in total. The van der Waals surface area contributed by atoms with E-state index in [-0.39, 0.29) is 5.41 Å². The fourth-order valence-electron chi connectivity index (χ4n) is 3.68. The first-order valence-corrected chi connectivity index (χ1v) is 11.5. The highest BCUT2D eigenvalue weighted by Crippen LogP contribution is 2.29. The second-order valence-corrected chi connectivity index (χ2v) is 10.3. The molecule has 2 aromatic rings. The van der Waals surface area contributed by atoms with Crippen molar-refractivity contribution in [1.82, 2.24) is 4.31 Å². The first-order valence-electron chi connectivity index (χ1n) is 10.1. The van der Waals surface area contributed by atoms with Gasteiger partial charge in [-0.2, -0.15) is 4.31 Å². The second kappa shape index (κ2) is 7.88. The molecule has 0 aromatic heterocycles. The van der Waals surface area contributed by atoms with Gasteiger partial charge in [0.2, 0.25) is 10.0 Å². The van der Waals surface area contributed by atoms with Gasteiger partial charge < -0.3 is 4.90 Å². The van der Waals surface area contributed by atoms with E-state index in [1.54, 1.807) is 16.4 Å². The summed E-state index contributed by atoms with van der Waals surface area (Å²) in [6.45, 7) is 13.2. The molecule has 1 fully saturated rings. The lowest BCUT2D eigenvalue weighted by atomic mass is 9.82. The predicted octanol–water partition coefficient (Wildman–Crippen LogP) is 4.50. The number of hydrogen-bond donors (Lipinski definition) is 0. The van der Waals surface area contributed by atoms with E-state index in [9.17, 15) is 8.42 Å². The third-order valence-corrected chi connectivity index (χ3v) is 8.23. The highest BCUT2D eigenvalue weighted by atomic mass is 32.2. The Morgan fingerprint density at radius 1 is 0.929 bits per heavy atom. The molecule has 1 heterocycles. The lowest BCUT2D eigenvalue weighted by Crippen LogP contribution is -2.48. The lowest BCUT2D eigenvalue weighted by Gasteiger charge is -2.36. The minimum Gasteiger partial charge on any atom is -0.369 e. The highest BCUT2D eigenvalue weighted by molar-refractivity contribution is 7.89. The van der Waals surface area contributed by atoms with E-state index in [4.69, 9.17) is 0 Å². The van der Waals surface area contributed by atoms with E-state index in [0.717, 1.165) is 6.42 Å². The number of aryl methyl sites for hydroxylation is 1. The Morgan fingerprint density at radius 3 is 2.11 bits per heavy atom. The van der Waals surface area contributed by atoms with Crippen LogP contribution in [-0.2, 0) is 15.4 Å². The van der Waals surface area contributed by atoms with Crippen LogP contribution < -0.4 is 4.90 Å². The van der Waals surface area contributed by atoms with Crippen molar-refractivity contribution in [2.75, 3.05) is 31.1 Å². The van der Waals surface area contributed by atoms with Crippen LogP contribution >= 0.6 is 0 Å². The van der Waals surface area contributed by atoms with Crippen molar-refractivity contribution in [2.45, 2.75) is 51.3 Å². The van der Waals surface area contributed by atoms with Crippen molar-refractivity contribution in [3.63, 3.8) is 0 Å². The average Bonchev–Trinajstić information content (AvgIpc) is 2.70. The zero-order valence-electron chi connectivity index (χ0n) is 17.7. The molecule has 0 bridgehead atoms. The van der Waals surface area contributed by atoms with Gasteiger partial charge >= 0.3 is 0 Å². The van der Waals surface area contributed by atoms with Gasteiger partial charge in [0, 0.05) is 31.9 Å². The Morgan fingerprint density at radius 2 is 1.54 bits per heavy atom. The molecule has 1 aliphatic heterocycles. The number of benzene rings is 2. The maximum atomic E-state index is 13.1. The van der Waals surface area contributed by atoms with Crippen LogP contribution in [0, 0.1) is 13.8 Å². The Labute approximate surface area is 170 Å². The molecule has 3 rings (SSSR count). The van der Waals surface area contributed by atoms with Crippen LogP contribution in [0.4, 0.5) is 5.69 Å². The van der Waals surface area contributed by atoms with Crippen molar-refractivity contribution < 1.29 is 8.42 Å². The summed E-state index contributed by atoms with van der Waals surface area (Å²) in [4.78, 5) is 2.68. The summed E-state index contributed by atoms with van der Waals surface area (Å²) in [5.41, 5.74) is 4.98. The fourth-order valence-corrected chi connectivity index (χ4v) is 5.10. The van der Waals surface area contributed by atoms with Gasteiger partial charge in [0.05, 0.1) is 4.90 Å². The SMILES string of the molecule is CCC(C)(C)c1ccc(S(=O)(=O)N2CCN(c3cccc(C)c3C)CC2)cc1. The first-order chi connectivity index (χ1) is 13.2. The summed E-state index contributed by atoms with van der Waals surface area (Å²) in [5, 5.41) is 0. The molecule has 0 radical (unpaired) electrons. The molecule has 2 aromatic carbocycles. The van der Waals surface area contributed by atoms with E-state index < -0.39 is 10.0 Å². The van der Waals surface area contributed by atoms with Crippen LogP contribution in [0.5, 0.6) is 0 Å². The molecule has 1 saturated heterocycles. The minimum absolute atomic E-state index is 0.0552. The first kappa shape index (κ1) is 20.9. The number of hydrogen-bond acceptors (Lipinski definition) is 3. The van der Waals surface area contributed by atoms with Crippen molar-refractivity contribution in [3.8, 4) is 0 Å². The van der Waals surface area contributed by atoms with Crippen molar-refractivity contribution in [2.24, 2.45) is 0 Å². The fraction of sp³-hybridized carbons (Fsp3) is 0.478. The monoisotopic (exact) mass is 400 g/mol. The van der Waals surface area contributed by atoms with E-state index >= 15 is 0 Å². The second-order valence-electron chi connectivity index (χ2n) is 8.37.